The molecular weight excluding hydrogens is 156 g/mol. The maximum atomic E-state index is 4.25. The average molecular weight is 168 g/mol. The van der Waals surface area contributed by atoms with Crippen molar-refractivity contribution in [1.29, 1.82) is 0 Å². The van der Waals surface area contributed by atoms with E-state index in [2.05, 4.69) is 16.9 Å². The highest BCUT2D eigenvalue weighted by Crippen LogP contribution is 2.14. The second kappa shape index (κ2) is 3.53. The van der Waals surface area contributed by atoms with Gasteiger partial charge in [0.25, 0.3) is 0 Å². The highest BCUT2D eigenvalue weighted by atomic mass is 32.1. The highest BCUT2D eigenvalue weighted by molar-refractivity contribution is 7.13. The lowest BCUT2D eigenvalue weighted by atomic mass is 10.4. The van der Waals surface area contributed by atoms with Gasteiger partial charge in [-0.05, 0) is 13.8 Å². The van der Waals surface area contributed by atoms with E-state index in [1.165, 1.54) is 0 Å². The predicted octanol–water partition coefficient (Wildman–Crippen LogP) is 2.44. The summed E-state index contributed by atoms with van der Waals surface area (Å²) in [6.07, 6.45) is 0. The summed E-state index contributed by atoms with van der Waals surface area (Å²) in [4.78, 5) is 4.25. The molecule has 0 saturated carbocycles. The normalized spacial score (nSPS) is 9.64. The van der Waals surface area contributed by atoms with Crippen molar-refractivity contribution in [3.05, 3.63) is 23.2 Å². The van der Waals surface area contributed by atoms with Crippen molar-refractivity contribution >= 4 is 16.5 Å². The Balaban J connectivity index is 2.45. The van der Waals surface area contributed by atoms with E-state index in [9.17, 15) is 0 Å². The number of aryl methyl sites for hydroxylation is 1. The van der Waals surface area contributed by atoms with Gasteiger partial charge in [-0.25, -0.2) is 4.98 Å². The summed E-state index contributed by atoms with van der Waals surface area (Å²) < 4.78 is 0. The van der Waals surface area contributed by atoms with Gasteiger partial charge in [0.1, 0.15) is 0 Å². The van der Waals surface area contributed by atoms with Crippen LogP contribution in [0.4, 0.5) is 5.13 Å². The maximum Gasteiger partial charge on any atom is 0.183 e. The number of aromatic nitrogens is 1. The summed E-state index contributed by atoms with van der Waals surface area (Å²) in [7, 11) is 0. The largest absolute Gasteiger partial charge is 0.358 e. The fourth-order valence-corrected chi connectivity index (χ4v) is 1.35. The molecule has 0 bridgehead atoms. The lowest BCUT2D eigenvalue weighted by molar-refractivity contribution is 1.17. The number of rotatable bonds is 3. The molecule has 0 aliphatic rings. The number of thiazole rings is 1. The lowest BCUT2D eigenvalue weighted by Gasteiger charge is -1.99. The van der Waals surface area contributed by atoms with Crippen LogP contribution in [-0.2, 0) is 0 Å². The summed E-state index contributed by atoms with van der Waals surface area (Å²) in [5, 5.41) is 6.18. The quantitative estimate of drug-likeness (QED) is 0.701. The van der Waals surface area contributed by atoms with Gasteiger partial charge in [0.05, 0.1) is 5.69 Å². The molecule has 1 aromatic heterocycles. The average Bonchev–Trinajstić information content (AvgIpc) is 2.31. The Bertz CT molecular complexity index is 252. The Labute approximate surface area is 71.0 Å². The van der Waals surface area contributed by atoms with Crippen LogP contribution in [0.2, 0.25) is 0 Å². The van der Waals surface area contributed by atoms with E-state index in [-0.39, 0.29) is 0 Å². The number of hydrogen-bond acceptors (Lipinski definition) is 3. The standard InChI is InChI=1S/C8H12N2S/c1-6(2)4-9-8-10-7(3)5-11-8/h5H,1,4H2,2-3H3,(H,9,10). The van der Waals surface area contributed by atoms with E-state index in [4.69, 9.17) is 0 Å². The fraction of sp³-hybridized carbons (Fsp3) is 0.375. The van der Waals surface area contributed by atoms with Gasteiger partial charge in [0.2, 0.25) is 0 Å². The van der Waals surface area contributed by atoms with E-state index in [0.717, 1.165) is 22.9 Å². The smallest absolute Gasteiger partial charge is 0.183 e. The summed E-state index contributed by atoms with van der Waals surface area (Å²) in [5.74, 6) is 0. The zero-order valence-electron chi connectivity index (χ0n) is 6.85. The summed E-state index contributed by atoms with van der Waals surface area (Å²) in [6, 6.07) is 0. The molecule has 1 rings (SSSR count). The van der Waals surface area contributed by atoms with Gasteiger partial charge in [0, 0.05) is 11.9 Å². The topological polar surface area (TPSA) is 24.9 Å². The molecule has 1 aromatic rings. The first-order chi connectivity index (χ1) is 5.18. The molecule has 0 atom stereocenters. The molecule has 11 heavy (non-hydrogen) atoms. The van der Waals surface area contributed by atoms with Crippen LogP contribution in [-0.4, -0.2) is 11.5 Å². The molecule has 0 amide bonds. The molecule has 3 heteroatoms. The molecule has 60 valence electrons. The second-order valence-electron chi connectivity index (χ2n) is 2.60. The van der Waals surface area contributed by atoms with Gasteiger partial charge in [-0.3, -0.25) is 0 Å². The third-order valence-corrected chi connectivity index (χ3v) is 2.08. The van der Waals surface area contributed by atoms with Gasteiger partial charge >= 0.3 is 0 Å². The third kappa shape index (κ3) is 2.72. The molecule has 1 N–H and O–H groups in total. The molecule has 0 aromatic carbocycles. The third-order valence-electron chi connectivity index (χ3n) is 1.16. The van der Waals surface area contributed by atoms with E-state index >= 15 is 0 Å². The van der Waals surface area contributed by atoms with Crippen molar-refractivity contribution < 1.29 is 0 Å². The van der Waals surface area contributed by atoms with Gasteiger partial charge in [0.15, 0.2) is 5.13 Å². The molecule has 0 fully saturated rings. The van der Waals surface area contributed by atoms with E-state index in [0.29, 0.717) is 0 Å². The van der Waals surface area contributed by atoms with E-state index in [1.54, 1.807) is 11.3 Å². The number of anilines is 1. The summed E-state index contributed by atoms with van der Waals surface area (Å²) in [6.45, 7) is 8.59. The number of hydrogen-bond donors (Lipinski definition) is 1. The molecule has 0 spiro atoms. The zero-order chi connectivity index (χ0) is 8.27. The Hall–Kier alpha value is -0.830. The van der Waals surface area contributed by atoms with Crippen LogP contribution in [0.25, 0.3) is 0 Å². The second-order valence-corrected chi connectivity index (χ2v) is 3.46. The minimum atomic E-state index is 0.812. The Morgan fingerprint density at radius 3 is 3.00 bits per heavy atom. The van der Waals surface area contributed by atoms with Crippen molar-refractivity contribution in [2.75, 3.05) is 11.9 Å². The molecular formula is C8H12N2S. The van der Waals surface area contributed by atoms with Gasteiger partial charge < -0.3 is 5.32 Å². The molecule has 1 heterocycles. The number of nitrogens with one attached hydrogen (secondary N) is 1. The highest BCUT2D eigenvalue weighted by Gasteiger charge is 1.95. The van der Waals surface area contributed by atoms with E-state index < -0.39 is 0 Å². The van der Waals surface area contributed by atoms with Crippen LogP contribution < -0.4 is 5.32 Å². The lowest BCUT2D eigenvalue weighted by Crippen LogP contribution is -2.00. The summed E-state index contributed by atoms with van der Waals surface area (Å²) in [5.41, 5.74) is 2.19. The minimum Gasteiger partial charge on any atom is -0.358 e. The van der Waals surface area contributed by atoms with Crippen molar-refractivity contribution in [1.82, 2.24) is 4.98 Å². The zero-order valence-corrected chi connectivity index (χ0v) is 7.66. The van der Waals surface area contributed by atoms with Crippen LogP contribution in [0.3, 0.4) is 0 Å². The molecule has 2 nitrogen and oxygen atoms in total. The van der Waals surface area contributed by atoms with Crippen LogP contribution in [0, 0.1) is 6.92 Å². The Morgan fingerprint density at radius 1 is 1.82 bits per heavy atom. The first kappa shape index (κ1) is 8.27. The van der Waals surface area contributed by atoms with Crippen molar-refractivity contribution in [2.24, 2.45) is 0 Å². The maximum absolute atomic E-state index is 4.25. The van der Waals surface area contributed by atoms with Crippen molar-refractivity contribution in [2.45, 2.75) is 13.8 Å². The fourth-order valence-electron chi connectivity index (χ4n) is 0.662. The molecule has 0 unspecified atom stereocenters. The molecule has 0 radical (unpaired) electrons. The number of nitrogens with zero attached hydrogens (tertiary/aromatic N) is 1. The first-order valence-corrected chi connectivity index (χ1v) is 4.37. The molecule has 0 saturated heterocycles. The van der Waals surface area contributed by atoms with E-state index in [1.807, 2.05) is 19.2 Å². The van der Waals surface area contributed by atoms with Gasteiger partial charge in [-0.1, -0.05) is 12.2 Å². The van der Waals surface area contributed by atoms with Gasteiger partial charge in [-0.2, -0.15) is 0 Å². The SMILES string of the molecule is C=C(C)CNc1nc(C)cs1. The molecule has 0 aliphatic heterocycles. The van der Waals surface area contributed by atoms with Crippen LogP contribution in [0.15, 0.2) is 17.5 Å². The summed E-state index contributed by atoms with van der Waals surface area (Å²) >= 11 is 1.63. The Kier molecular flexibility index (Phi) is 2.65. The first-order valence-electron chi connectivity index (χ1n) is 3.49. The minimum absolute atomic E-state index is 0.812. The van der Waals surface area contributed by atoms with Crippen LogP contribution in [0.5, 0.6) is 0 Å². The van der Waals surface area contributed by atoms with Crippen LogP contribution >= 0.6 is 11.3 Å². The van der Waals surface area contributed by atoms with Crippen LogP contribution in [0.1, 0.15) is 12.6 Å². The monoisotopic (exact) mass is 168 g/mol. The molecule has 0 aliphatic carbocycles. The van der Waals surface area contributed by atoms with Crippen molar-refractivity contribution in [3.63, 3.8) is 0 Å². The van der Waals surface area contributed by atoms with Gasteiger partial charge in [-0.15, -0.1) is 11.3 Å². The van der Waals surface area contributed by atoms with Crippen molar-refractivity contribution in [3.8, 4) is 0 Å². The predicted molar refractivity (Wildman–Crippen MR) is 50.2 cm³/mol. The Morgan fingerprint density at radius 2 is 2.55 bits per heavy atom.